The standard InChI is InChI=1S/C24H31N3O5/c1-4-31-24-20(14-22(29)32-24)27-23(30)18(15(2)3)13-21(28)26-12-10-16-7-5-9-19-17(16)8-6-11-25-19/h5-9,11,15,18,20,24H,4,10,12-14H2,1-3H3,(H,26,28)(H,27,30)/t18-,20-,24-/m0/s1. The Morgan fingerprint density at radius 1 is 1.25 bits per heavy atom. The number of benzene rings is 1. The van der Waals surface area contributed by atoms with Crippen LogP contribution >= 0.6 is 0 Å². The second-order valence-electron chi connectivity index (χ2n) is 8.27. The minimum Gasteiger partial charge on any atom is -0.433 e. The van der Waals surface area contributed by atoms with Gasteiger partial charge in [-0.1, -0.05) is 32.0 Å². The molecule has 0 bridgehead atoms. The molecular formula is C24H31N3O5. The number of amides is 2. The number of hydrogen-bond donors (Lipinski definition) is 2. The fourth-order valence-corrected chi connectivity index (χ4v) is 3.88. The van der Waals surface area contributed by atoms with Crippen molar-refractivity contribution in [3.05, 3.63) is 42.1 Å². The Balaban J connectivity index is 1.53. The zero-order valence-corrected chi connectivity index (χ0v) is 18.8. The minimum absolute atomic E-state index is 0.0477. The second-order valence-corrected chi connectivity index (χ2v) is 8.27. The Bertz CT molecular complexity index is 956. The maximum absolute atomic E-state index is 12.9. The molecule has 8 heteroatoms. The molecule has 2 aromatic rings. The largest absolute Gasteiger partial charge is 0.433 e. The summed E-state index contributed by atoms with van der Waals surface area (Å²) in [6.07, 6.45) is 1.78. The van der Waals surface area contributed by atoms with Crippen molar-refractivity contribution in [2.24, 2.45) is 11.8 Å². The summed E-state index contributed by atoms with van der Waals surface area (Å²) in [5.74, 6) is -1.43. The molecule has 1 aromatic carbocycles. The first-order valence-electron chi connectivity index (χ1n) is 11.1. The first kappa shape index (κ1) is 23.7. The summed E-state index contributed by atoms with van der Waals surface area (Å²) < 4.78 is 10.5. The molecule has 2 N–H and O–H groups in total. The van der Waals surface area contributed by atoms with Gasteiger partial charge in [-0.15, -0.1) is 0 Å². The normalized spacial score (nSPS) is 19.1. The zero-order valence-electron chi connectivity index (χ0n) is 18.8. The lowest BCUT2D eigenvalue weighted by Gasteiger charge is -2.24. The van der Waals surface area contributed by atoms with Crippen molar-refractivity contribution in [1.29, 1.82) is 0 Å². The number of fused-ring (bicyclic) bond motifs is 1. The van der Waals surface area contributed by atoms with E-state index in [0.717, 1.165) is 16.5 Å². The van der Waals surface area contributed by atoms with E-state index in [1.54, 1.807) is 13.1 Å². The van der Waals surface area contributed by atoms with Gasteiger partial charge in [0.15, 0.2) is 0 Å². The van der Waals surface area contributed by atoms with Crippen LogP contribution in [0, 0.1) is 11.8 Å². The molecular weight excluding hydrogens is 410 g/mol. The van der Waals surface area contributed by atoms with Crippen LogP contribution in [0.25, 0.3) is 10.9 Å². The highest BCUT2D eigenvalue weighted by atomic mass is 16.7. The molecule has 1 saturated heterocycles. The van der Waals surface area contributed by atoms with E-state index in [2.05, 4.69) is 15.6 Å². The molecule has 0 unspecified atom stereocenters. The minimum atomic E-state index is -0.784. The number of ether oxygens (including phenoxy) is 2. The van der Waals surface area contributed by atoms with Crippen molar-refractivity contribution in [2.75, 3.05) is 13.2 Å². The van der Waals surface area contributed by atoms with E-state index in [-0.39, 0.29) is 30.6 Å². The third kappa shape index (κ3) is 6.03. The number of nitrogens with one attached hydrogen (secondary N) is 2. The summed E-state index contributed by atoms with van der Waals surface area (Å²) in [4.78, 5) is 41.4. The van der Waals surface area contributed by atoms with Crippen LogP contribution in [0.5, 0.6) is 0 Å². The fourth-order valence-electron chi connectivity index (χ4n) is 3.88. The third-order valence-corrected chi connectivity index (χ3v) is 5.62. The first-order chi connectivity index (χ1) is 15.4. The maximum Gasteiger partial charge on any atom is 0.310 e. The van der Waals surface area contributed by atoms with Gasteiger partial charge in [0, 0.05) is 37.1 Å². The highest BCUT2D eigenvalue weighted by Gasteiger charge is 2.38. The highest BCUT2D eigenvalue weighted by Crippen LogP contribution is 2.21. The second kappa shape index (κ2) is 11.0. The van der Waals surface area contributed by atoms with E-state index in [1.807, 2.05) is 44.2 Å². The predicted molar refractivity (Wildman–Crippen MR) is 119 cm³/mol. The van der Waals surface area contributed by atoms with Gasteiger partial charge >= 0.3 is 5.97 Å². The Hall–Kier alpha value is -3.00. The topological polar surface area (TPSA) is 107 Å². The van der Waals surface area contributed by atoms with Gasteiger partial charge in [0.05, 0.1) is 11.9 Å². The van der Waals surface area contributed by atoms with Gasteiger partial charge in [0.2, 0.25) is 18.1 Å². The summed E-state index contributed by atoms with van der Waals surface area (Å²) in [6.45, 7) is 6.43. The van der Waals surface area contributed by atoms with Gasteiger partial charge in [-0.25, -0.2) is 0 Å². The monoisotopic (exact) mass is 441 g/mol. The van der Waals surface area contributed by atoms with Crippen LogP contribution in [0.4, 0.5) is 0 Å². The Morgan fingerprint density at radius 2 is 2.06 bits per heavy atom. The highest BCUT2D eigenvalue weighted by molar-refractivity contribution is 5.87. The number of pyridine rings is 1. The van der Waals surface area contributed by atoms with Crippen LogP contribution in [-0.2, 0) is 30.3 Å². The molecule has 0 spiro atoms. The number of cyclic esters (lactones) is 1. The van der Waals surface area contributed by atoms with Gasteiger partial charge in [-0.2, -0.15) is 0 Å². The lowest BCUT2D eigenvalue weighted by Crippen LogP contribution is -2.46. The molecule has 1 aromatic heterocycles. The van der Waals surface area contributed by atoms with Crippen molar-refractivity contribution in [1.82, 2.24) is 15.6 Å². The number of rotatable bonds is 10. The summed E-state index contributed by atoms with van der Waals surface area (Å²) >= 11 is 0. The molecule has 1 aliphatic rings. The molecule has 0 aliphatic carbocycles. The molecule has 0 radical (unpaired) electrons. The Labute approximate surface area is 188 Å². The van der Waals surface area contributed by atoms with Gasteiger partial charge in [0.1, 0.15) is 6.04 Å². The number of carbonyl (C=O) groups is 3. The van der Waals surface area contributed by atoms with E-state index in [1.165, 1.54) is 0 Å². The van der Waals surface area contributed by atoms with Crippen molar-refractivity contribution in [3.63, 3.8) is 0 Å². The quantitative estimate of drug-likeness (QED) is 0.548. The SMILES string of the molecule is CCO[C@H]1OC(=O)C[C@@H]1NC(=O)[C@@H](CC(=O)NCCc1cccc2ncccc12)C(C)C. The van der Waals surface area contributed by atoms with E-state index < -0.39 is 24.2 Å². The molecule has 172 valence electrons. The van der Waals surface area contributed by atoms with Crippen LogP contribution in [0.2, 0.25) is 0 Å². The number of hydrogen-bond acceptors (Lipinski definition) is 6. The van der Waals surface area contributed by atoms with Crippen molar-refractivity contribution in [3.8, 4) is 0 Å². The first-order valence-corrected chi connectivity index (χ1v) is 11.1. The Morgan fingerprint density at radius 3 is 2.81 bits per heavy atom. The molecule has 1 fully saturated rings. The van der Waals surface area contributed by atoms with Gasteiger partial charge in [0.25, 0.3) is 0 Å². The molecule has 1 aliphatic heterocycles. The lowest BCUT2D eigenvalue weighted by atomic mass is 9.91. The summed E-state index contributed by atoms with van der Waals surface area (Å²) in [5.41, 5.74) is 2.04. The predicted octanol–water partition coefficient (Wildman–Crippen LogP) is 2.35. The van der Waals surface area contributed by atoms with Crippen molar-refractivity contribution < 1.29 is 23.9 Å². The molecule has 0 saturated carbocycles. The van der Waals surface area contributed by atoms with Crippen LogP contribution < -0.4 is 10.6 Å². The summed E-state index contributed by atoms with van der Waals surface area (Å²) in [7, 11) is 0. The molecule has 32 heavy (non-hydrogen) atoms. The van der Waals surface area contributed by atoms with Gasteiger partial charge in [-0.05, 0) is 37.0 Å². The number of carbonyl (C=O) groups excluding carboxylic acids is 3. The molecule has 2 heterocycles. The average Bonchev–Trinajstić information content (AvgIpc) is 3.10. The Kier molecular flexibility index (Phi) is 8.16. The van der Waals surface area contributed by atoms with Crippen molar-refractivity contribution in [2.45, 2.75) is 52.4 Å². The molecule has 2 amide bonds. The number of esters is 1. The van der Waals surface area contributed by atoms with Crippen LogP contribution in [0.1, 0.15) is 39.2 Å². The number of nitrogens with zero attached hydrogens (tertiary/aromatic N) is 1. The zero-order chi connectivity index (χ0) is 23.1. The van der Waals surface area contributed by atoms with Crippen LogP contribution in [-0.4, -0.2) is 48.3 Å². The summed E-state index contributed by atoms with van der Waals surface area (Å²) in [5, 5.41) is 6.83. The average molecular weight is 442 g/mol. The lowest BCUT2D eigenvalue weighted by molar-refractivity contribution is -0.164. The maximum atomic E-state index is 12.9. The number of aromatic nitrogens is 1. The van der Waals surface area contributed by atoms with Gasteiger partial charge < -0.3 is 20.1 Å². The third-order valence-electron chi connectivity index (χ3n) is 5.62. The fraction of sp³-hybridized carbons (Fsp3) is 0.500. The van der Waals surface area contributed by atoms with E-state index in [9.17, 15) is 14.4 Å². The van der Waals surface area contributed by atoms with E-state index in [4.69, 9.17) is 9.47 Å². The van der Waals surface area contributed by atoms with Crippen LogP contribution in [0.15, 0.2) is 36.5 Å². The molecule has 8 nitrogen and oxygen atoms in total. The van der Waals surface area contributed by atoms with E-state index in [0.29, 0.717) is 19.6 Å². The van der Waals surface area contributed by atoms with E-state index >= 15 is 0 Å². The molecule has 3 atom stereocenters. The summed E-state index contributed by atoms with van der Waals surface area (Å²) in [6, 6.07) is 9.32. The smallest absolute Gasteiger partial charge is 0.310 e. The van der Waals surface area contributed by atoms with Crippen molar-refractivity contribution >= 4 is 28.7 Å². The van der Waals surface area contributed by atoms with Crippen LogP contribution in [0.3, 0.4) is 0 Å². The van der Waals surface area contributed by atoms with Gasteiger partial charge in [-0.3, -0.25) is 19.4 Å². The molecule has 3 rings (SSSR count).